The van der Waals surface area contributed by atoms with E-state index in [-0.39, 0.29) is 12.2 Å². The molecular formula is C14H18F2O3. The summed E-state index contributed by atoms with van der Waals surface area (Å²) in [5, 5.41) is 10.2. The zero-order valence-corrected chi connectivity index (χ0v) is 11.5. The molecule has 5 heteroatoms. The Balaban J connectivity index is 3.29. The molecule has 0 fully saturated rings. The lowest BCUT2D eigenvalue weighted by Crippen LogP contribution is -2.50. The molecule has 0 radical (unpaired) electrons. The van der Waals surface area contributed by atoms with Crippen LogP contribution in [0.25, 0.3) is 0 Å². The fourth-order valence-electron chi connectivity index (χ4n) is 1.85. The van der Waals surface area contributed by atoms with Crippen molar-refractivity contribution in [2.75, 3.05) is 6.61 Å². The normalized spacial score (nSPS) is 14.9. The molecule has 1 unspecified atom stereocenters. The molecule has 1 rings (SSSR count). The van der Waals surface area contributed by atoms with Crippen LogP contribution in [0.2, 0.25) is 0 Å². The van der Waals surface area contributed by atoms with Gasteiger partial charge in [0.1, 0.15) is 0 Å². The zero-order valence-electron chi connectivity index (χ0n) is 11.5. The summed E-state index contributed by atoms with van der Waals surface area (Å²) >= 11 is 0. The Morgan fingerprint density at radius 1 is 1.37 bits per heavy atom. The molecule has 0 spiro atoms. The first kappa shape index (κ1) is 15.6. The van der Waals surface area contributed by atoms with Crippen LogP contribution in [0.5, 0.6) is 0 Å². The molecular weight excluding hydrogens is 254 g/mol. The Labute approximate surface area is 111 Å². The van der Waals surface area contributed by atoms with Crippen molar-refractivity contribution < 1.29 is 23.4 Å². The molecule has 0 aliphatic carbocycles. The van der Waals surface area contributed by atoms with Crippen molar-refractivity contribution in [1.29, 1.82) is 0 Å². The smallest absolute Gasteiger partial charge is 0.380 e. The third kappa shape index (κ3) is 2.76. The summed E-state index contributed by atoms with van der Waals surface area (Å²) in [6.07, 6.45) is 0. The molecule has 3 nitrogen and oxygen atoms in total. The van der Waals surface area contributed by atoms with Gasteiger partial charge in [-0.2, -0.15) is 8.78 Å². The average molecular weight is 272 g/mol. The predicted octanol–water partition coefficient (Wildman–Crippen LogP) is 2.71. The standard InChI is InChI=1S/C14H18F2O3/c1-5-19-12(17)14(15,16)13(4,18)11-8-9(2)6-7-10(11)3/h6-8,18H,5H2,1-4H3. The van der Waals surface area contributed by atoms with E-state index >= 15 is 0 Å². The number of hydrogen-bond donors (Lipinski definition) is 1. The third-order valence-corrected chi connectivity index (χ3v) is 3.06. The molecule has 0 saturated carbocycles. The molecule has 1 aromatic rings. The number of alkyl halides is 2. The predicted molar refractivity (Wildman–Crippen MR) is 67.1 cm³/mol. The Hall–Kier alpha value is -1.49. The van der Waals surface area contributed by atoms with E-state index in [1.165, 1.54) is 13.0 Å². The van der Waals surface area contributed by atoms with Crippen LogP contribution >= 0.6 is 0 Å². The number of rotatable bonds is 4. The molecule has 0 bridgehead atoms. The van der Waals surface area contributed by atoms with Gasteiger partial charge in [-0.15, -0.1) is 0 Å². The second kappa shape index (κ2) is 5.25. The number of halogens is 2. The lowest BCUT2D eigenvalue weighted by atomic mass is 9.85. The summed E-state index contributed by atoms with van der Waals surface area (Å²) in [5.74, 6) is -5.73. The van der Waals surface area contributed by atoms with Crippen molar-refractivity contribution in [3.05, 3.63) is 34.9 Å². The van der Waals surface area contributed by atoms with E-state index in [2.05, 4.69) is 4.74 Å². The second-order valence-electron chi connectivity index (χ2n) is 4.69. The molecule has 1 aromatic carbocycles. The quantitative estimate of drug-likeness (QED) is 0.857. The zero-order chi connectivity index (χ0) is 14.8. The van der Waals surface area contributed by atoms with Crippen molar-refractivity contribution in [2.24, 2.45) is 0 Å². The molecule has 0 aliphatic rings. The maximum absolute atomic E-state index is 14.1. The van der Waals surface area contributed by atoms with Gasteiger partial charge in [-0.1, -0.05) is 23.8 Å². The van der Waals surface area contributed by atoms with Crippen molar-refractivity contribution >= 4 is 5.97 Å². The first-order chi connectivity index (χ1) is 8.64. The Bertz CT molecular complexity index is 482. The minimum atomic E-state index is -4.01. The molecule has 19 heavy (non-hydrogen) atoms. The van der Waals surface area contributed by atoms with Crippen molar-refractivity contribution in [2.45, 2.75) is 39.2 Å². The molecule has 0 heterocycles. The maximum atomic E-state index is 14.1. The minimum Gasteiger partial charge on any atom is -0.461 e. The highest BCUT2D eigenvalue weighted by Gasteiger charge is 2.58. The fraction of sp³-hybridized carbons (Fsp3) is 0.500. The van der Waals surface area contributed by atoms with Gasteiger partial charge in [0.25, 0.3) is 0 Å². The van der Waals surface area contributed by atoms with E-state index in [1.54, 1.807) is 26.0 Å². The van der Waals surface area contributed by atoms with Crippen LogP contribution in [0.15, 0.2) is 18.2 Å². The van der Waals surface area contributed by atoms with Crippen LogP contribution < -0.4 is 0 Å². The largest absolute Gasteiger partial charge is 0.461 e. The number of aliphatic hydroxyl groups is 1. The van der Waals surface area contributed by atoms with Gasteiger partial charge >= 0.3 is 11.9 Å². The average Bonchev–Trinajstić information content (AvgIpc) is 2.32. The molecule has 0 aromatic heterocycles. The van der Waals surface area contributed by atoms with Crippen LogP contribution in [0.3, 0.4) is 0 Å². The third-order valence-electron chi connectivity index (χ3n) is 3.06. The lowest BCUT2D eigenvalue weighted by Gasteiger charge is -2.32. The molecule has 0 saturated heterocycles. The monoisotopic (exact) mass is 272 g/mol. The summed E-state index contributed by atoms with van der Waals surface area (Å²) in [6.45, 7) is 5.51. The number of esters is 1. The van der Waals surface area contributed by atoms with Crippen molar-refractivity contribution in [1.82, 2.24) is 0 Å². The van der Waals surface area contributed by atoms with E-state index in [0.717, 1.165) is 12.5 Å². The molecule has 0 amide bonds. The Kier molecular flexibility index (Phi) is 4.30. The number of benzene rings is 1. The van der Waals surface area contributed by atoms with Crippen LogP contribution in [0.1, 0.15) is 30.5 Å². The Morgan fingerprint density at radius 2 is 1.95 bits per heavy atom. The van der Waals surface area contributed by atoms with Gasteiger partial charge in [0, 0.05) is 0 Å². The fourth-order valence-corrected chi connectivity index (χ4v) is 1.85. The SMILES string of the molecule is CCOC(=O)C(F)(F)C(C)(O)c1cc(C)ccc1C. The molecule has 0 aliphatic heterocycles. The summed E-state index contributed by atoms with van der Waals surface area (Å²) < 4.78 is 32.4. The number of aryl methyl sites for hydroxylation is 2. The summed E-state index contributed by atoms with van der Waals surface area (Å²) in [4.78, 5) is 11.3. The number of ether oxygens (including phenoxy) is 1. The van der Waals surface area contributed by atoms with E-state index < -0.39 is 17.5 Å². The highest BCUT2D eigenvalue weighted by Crippen LogP contribution is 2.40. The van der Waals surface area contributed by atoms with E-state index in [0.29, 0.717) is 5.56 Å². The van der Waals surface area contributed by atoms with Gasteiger partial charge < -0.3 is 9.84 Å². The topological polar surface area (TPSA) is 46.5 Å². The van der Waals surface area contributed by atoms with Crippen LogP contribution in [-0.4, -0.2) is 23.6 Å². The van der Waals surface area contributed by atoms with Crippen LogP contribution in [-0.2, 0) is 15.1 Å². The summed E-state index contributed by atoms with van der Waals surface area (Å²) in [7, 11) is 0. The lowest BCUT2D eigenvalue weighted by molar-refractivity contribution is -0.212. The van der Waals surface area contributed by atoms with Gasteiger partial charge in [0.2, 0.25) is 0 Å². The second-order valence-corrected chi connectivity index (χ2v) is 4.69. The molecule has 1 atom stereocenters. The molecule has 1 N–H and O–H groups in total. The van der Waals surface area contributed by atoms with Crippen LogP contribution in [0, 0.1) is 13.8 Å². The summed E-state index contributed by atoms with van der Waals surface area (Å²) in [6, 6.07) is 4.82. The maximum Gasteiger partial charge on any atom is 0.380 e. The summed E-state index contributed by atoms with van der Waals surface area (Å²) in [5.41, 5.74) is -1.39. The van der Waals surface area contributed by atoms with Gasteiger partial charge in [-0.25, -0.2) is 4.79 Å². The Morgan fingerprint density at radius 3 is 2.47 bits per heavy atom. The van der Waals surface area contributed by atoms with E-state index in [9.17, 15) is 18.7 Å². The number of carbonyl (C=O) groups excluding carboxylic acids is 1. The van der Waals surface area contributed by atoms with Gasteiger partial charge in [-0.05, 0) is 38.8 Å². The first-order valence-corrected chi connectivity index (χ1v) is 5.99. The highest BCUT2D eigenvalue weighted by molar-refractivity contribution is 5.79. The van der Waals surface area contributed by atoms with Crippen molar-refractivity contribution in [3.8, 4) is 0 Å². The number of carbonyl (C=O) groups is 1. The number of hydrogen-bond acceptors (Lipinski definition) is 3. The molecule has 106 valence electrons. The van der Waals surface area contributed by atoms with Gasteiger partial charge in [-0.3, -0.25) is 0 Å². The van der Waals surface area contributed by atoms with Gasteiger partial charge in [0.05, 0.1) is 6.61 Å². The van der Waals surface area contributed by atoms with Crippen molar-refractivity contribution in [3.63, 3.8) is 0 Å². The van der Waals surface area contributed by atoms with Gasteiger partial charge in [0.15, 0.2) is 5.60 Å². The van der Waals surface area contributed by atoms with E-state index in [1.807, 2.05) is 0 Å². The van der Waals surface area contributed by atoms with E-state index in [4.69, 9.17) is 0 Å². The van der Waals surface area contributed by atoms with Crippen LogP contribution in [0.4, 0.5) is 8.78 Å². The first-order valence-electron chi connectivity index (χ1n) is 5.99. The highest BCUT2D eigenvalue weighted by atomic mass is 19.3. The minimum absolute atomic E-state index is 0.0190.